The molecule has 0 aromatic rings. The van der Waals surface area contributed by atoms with Crippen molar-refractivity contribution in [1.82, 2.24) is 0 Å². The molecule has 80 valence electrons. The summed E-state index contributed by atoms with van der Waals surface area (Å²) < 4.78 is 38.4. The predicted octanol–water partition coefficient (Wildman–Crippen LogP) is 4.20. The second-order valence-corrected chi connectivity index (χ2v) is 11.1. The topological polar surface area (TPSA) is 0 Å². The molecular weight excluding hydrogens is 209 g/mol. The maximum absolute atomic E-state index is 13.2. The van der Waals surface area contributed by atoms with Gasteiger partial charge in [0.1, 0.15) is 0 Å². The third-order valence-electron chi connectivity index (χ3n) is 1.91. The van der Waals surface area contributed by atoms with Crippen LogP contribution in [0.4, 0.5) is 12.3 Å². The van der Waals surface area contributed by atoms with Crippen molar-refractivity contribution in [3.05, 3.63) is 0 Å². The summed E-state index contributed by atoms with van der Waals surface area (Å²) in [7, 11) is -6.45. The second-order valence-electron chi connectivity index (χ2n) is 4.64. The van der Waals surface area contributed by atoms with E-state index in [1.165, 1.54) is 0 Å². The van der Waals surface area contributed by atoms with Gasteiger partial charge in [-0.2, -0.15) is 0 Å². The van der Waals surface area contributed by atoms with Crippen LogP contribution in [0.2, 0.25) is 31.7 Å². The van der Waals surface area contributed by atoms with Gasteiger partial charge in [0.15, 0.2) is 0 Å². The molecule has 0 saturated carbocycles. The van der Waals surface area contributed by atoms with Crippen LogP contribution in [0.25, 0.3) is 0 Å². The fraction of sp³-hybridized carbons (Fsp3) is 1.00. The van der Waals surface area contributed by atoms with Crippen molar-refractivity contribution in [2.75, 3.05) is 0 Å². The molecule has 1 unspecified atom stereocenters. The first-order valence-electron chi connectivity index (χ1n) is 4.67. The maximum Gasteiger partial charge on any atom is 0.422 e. The molecule has 0 spiro atoms. The summed E-state index contributed by atoms with van der Waals surface area (Å²) in [4.78, 5) is 0. The molecular formula is C8H19F3Si2. The van der Waals surface area contributed by atoms with Crippen LogP contribution in [0.15, 0.2) is 0 Å². The Labute approximate surface area is 81.1 Å². The highest BCUT2D eigenvalue weighted by molar-refractivity contribution is 6.70. The van der Waals surface area contributed by atoms with Crippen molar-refractivity contribution >= 4 is 17.1 Å². The first kappa shape index (κ1) is 13.2. The van der Waals surface area contributed by atoms with Crippen LogP contribution in [0.3, 0.4) is 0 Å². The quantitative estimate of drug-likeness (QED) is 0.489. The minimum atomic E-state index is -3.90. The Kier molecular flexibility index (Phi) is 4.72. The highest BCUT2D eigenvalue weighted by Crippen LogP contribution is 2.25. The van der Waals surface area contributed by atoms with Crippen molar-refractivity contribution in [3.63, 3.8) is 0 Å². The van der Waals surface area contributed by atoms with E-state index in [1.807, 2.05) is 6.92 Å². The standard InChI is InChI=1S/C8H19F3Si2/c1-8(7-12(2,3)9)5-6-13(4,10)11/h8H,5-7H2,1-4H3. The molecule has 0 nitrogen and oxygen atoms in total. The molecule has 0 aliphatic heterocycles. The van der Waals surface area contributed by atoms with Crippen molar-refractivity contribution in [1.29, 1.82) is 0 Å². The normalized spacial score (nSPS) is 15.9. The van der Waals surface area contributed by atoms with Gasteiger partial charge in [0.25, 0.3) is 0 Å². The highest BCUT2D eigenvalue weighted by atomic mass is 28.4. The number of rotatable bonds is 5. The van der Waals surface area contributed by atoms with E-state index in [2.05, 4.69) is 0 Å². The van der Waals surface area contributed by atoms with Crippen molar-refractivity contribution in [2.45, 2.75) is 45.1 Å². The largest absolute Gasteiger partial charge is 0.422 e. The number of halogens is 3. The molecule has 0 heterocycles. The Balaban J connectivity index is 3.70. The van der Waals surface area contributed by atoms with Gasteiger partial charge in [-0.05, 0) is 44.1 Å². The van der Waals surface area contributed by atoms with Gasteiger partial charge >= 0.3 is 8.74 Å². The molecule has 0 aromatic heterocycles. The van der Waals surface area contributed by atoms with Gasteiger partial charge in [-0.1, -0.05) is 6.92 Å². The lowest BCUT2D eigenvalue weighted by Crippen LogP contribution is -2.23. The van der Waals surface area contributed by atoms with Gasteiger partial charge in [0.05, 0.1) is 0 Å². The average Bonchev–Trinajstić information content (AvgIpc) is 1.78. The van der Waals surface area contributed by atoms with Gasteiger partial charge in [0, 0.05) is 0 Å². The van der Waals surface area contributed by atoms with Crippen LogP contribution in [0, 0.1) is 5.92 Å². The van der Waals surface area contributed by atoms with E-state index in [0.717, 1.165) is 6.55 Å². The van der Waals surface area contributed by atoms with Gasteiger partial charge in [-0.15, -0.1) is 0 Å². The molecule has 0 bridgehead atoms. The Hall–Kier alpha value is 0.224. The van der Waals surface area contributed by atoms with Crippen molar-refractivity contribution in [2.24, 2.45) is 5.92 Å². The van der Waals surface area contributed by atoms with Gasteiger partial charge < -0.3 is 4.11 Å². The molecule has 0 aliphatic carbocycles. The van der Waals surface area contributed by atoms with E-state index in [4.69, 9.17) is 0 Å². The van der Waals surface area contributed by atoms with E-state index in [9.17, 15) is 12.3 Å². The fourth-order valence-electron chi connectivity index (χ4n) is 1.43. The summed E-state index contributed by atoms with van der Waals surface area (Å²) >= 11 is 0. The van der Waals surface area contributed by atoms with E-state index in [0.29, 0.717) is 12.5 Å². The Morgan fingerprint density at radius 1 is 1.08 bits per heavy atom. The molecule has 0 N–H and O–H groups in total. The Morgan fingerprint density at radius 3 is 1.85 bits per heavy atom. The molecule has 13 heavy (non-hydrogen) atoms. The average molecular weight is 228 g/mol. The van der Waals surface area contributed by atoms with E-state index >= 15 is 0 Å². The summed E-state index contributed by atoms with van der Waals surface area (Å²) in [6, 6.07) is 0.524. The first-order valence-corrected chi connectivity index (χ1v) is 10.2. The van der Waals surface area contributed by atoms with E-state index < -0.39 is 17.1 Å². The highest BCUT2D eigenvalue weighted by Gasteiger charge is 2.30. The zero-order valence-electron chi connectivity index (χ0n) is 8.83. The molecule has 0 aromatic carbocycles. The molecule has 0 saturated heterocycles. The summed E-state index contributed by atoms with van der Waals surface area (Å²) in [6.45, 7) is 6.18. The van der Waals surface area contributed by atoms with Gasteiger partial charge in [-0.25, -0.2) is 0 Å². The van der Waals surface area contributed by atoms with Crippen molar-refractivity contribution in [3.8, 4) is 0 Å². The van der Waals surface area contributed by atoms with E-state index in [1.54, 1.807) is 13.1 Å². The zero-order valence-corrected chi connectivity index (χ0v) is 10.8. The Morgan fingerprint density at radius 2 is 1.54 bits per heavy atom. The SMILES string of the molecule is CC(CC[Si](C)(F)F)C[Si](C)(C)F. The summed E-state index contributed by atoms with van der Waals surface area (Å²) in [5.41, 5.74) is 0. The van der Waals surface area contributed by atoms with Crippen LogP contribution < -0.4 is 0 Å². The smallest absolute Gasteiger partial charge is 0.314 e. The molecule has 0 aliphatic rings. The Bertz CT molecular complexity index is 148. The lowest BCUT2D eigenvalue weighted by molar-refractivity contribution is 0.539. The van der Waals surface area contributed by atoms with Crippen LogP contribution in [0.1, 0.15) is 13.3 Å². The predicted molar refractivity (Wildman–Crippen MR) is 55.8 cm³/mol. The third kappa shape index (κ3) is 10.1. The third-order valence-corrected chi connectivity index (χ3v) is 4.74. The molecule has 0 rings (SSSR count). The van der Waals surface area contributed by atoms with Crippen molar-refractivity contribution < 1.29 is 12.3 Å². The lowest BCUT2D eigenvalue weighted by Gasteiger charge is -2.18. The molecule has 0 amide bonds. The van der Waals surface area contributed by atoms with Crippen LogP contribution in [-0.2, 0) is 0 Å². The molecule has 0 radical (unpaired) electrons. The molecule has 0 fully saturated rings. The van der Waals surface area contributed by atoms with Crippen LogP contribution in [0.5, 0.6) is 0 Å². The summed E-state index contributed by atoms with van der Waals surface area (Å²) in [5, 5.41) is 0. The lowest BCUT2D eigenvalue weighted by atomic mass is 10.2. The van der Waals surface area contributed by atoms with Gasteiger partial charge in [-0.3, -0.25) is 8.22 Å². The number of hydrogen-bond acceptors (Lipinski definition) is 0. The fourth-order valence-corrected chi connectivity index (χ4v) is 4.29. The zero-order chi connectivity index (χ0) is 10.7. The molecule has 5 heteroatoms. The second kappa shape index (κ2) is 4.64. The van der Waals surface area contributed by atoms with Gasteiger partial charge in [0.2, 0.25) is 8.41 Å². The molecule has 1 atom stereocenters. The minimum Gasteiger partial charge on any atom is -0.314 e. The first-order chi connectivity index (χ1) is 5.60. The maximum atomic E-state index is 13.2. The minimum absolute atomic E-state index is 0.0125. The monoisotopic (exact) mass is 228 g/mol. The number of hydrogen-bond donors (Lipinski definition) is 0. The van der Waals surface area contributed by atoms with Crippen LogP contribution >= 0.6 is 0 Å². The van der Waals surface area contributed by atoms with Crippen LogP contribution in [-0.4, -0.2) is 17.1 Å². The summed E-state index contributed by atoms with van der Waals surface area (Å²) in [6.07, 6.45) is 0.482. The van der Waals surface area contributed by atoms with E-state index in [-0.39, 0.29) is 12.0 Å². The summed E-state index contributed by atoms with van der Waals surface area (Å²) in [5.74, 6) is 0.116.